The fourth-order valence-corrected chi connectivity index (χ4v) is 1.72. The molecule has 0 aromatic heterocycles. The highest BCUT2D eigenvalue weighted by Gasteiger charge is 2.12. The third kappa shape index (κ3) is 6.57. The standard InChI is InChI=1S/C7H16NO3S/c1-3-5-7(6-4-2)8-12(9,10)11/h7-8H,1,3-6H2,2H3,(H,9,10,11). The summed E-state index contributed by atoms with van der Waals surface area (Å²) in [4.78, 5) is 0. The van der Waals surface area contributed by atoms with Gasteiger partial charge in [-0.25, -0.2) is 0 Å². The second kappa shape index (κ2) is 5.50. The van der Waals surface area contributed by atoms with Crippen LogP contribution in [0.25, 0.3) is 0 Å². The van der Waals surface area contributed by atoms with Gasteiger partial charge in [-0.1, -0.05) is 26.7 Å². The summed E-state index contributed by atoms with van der Waals surface area (Å²) in [7, 11) is -4.05. The topological polar surface area (TPSA) is 66.4 Å². The first-order chi connectivity index (χ1) is 5.49. The molecule has 2 N–H and O–H groups in total. The van der Waals surface area contributed by atoms with E-state index in [0.717, 1.165) is 12.8 Å². The smallest absolute Gasteiger partial charge is 0.273 e. The van der Waals surface area contributed by atoms with Crippen LogP contribution in [0.5, 0.6) is 0 Å². The third-order valence-electron chi connectivity index (χ3n) is 1.51. The maximum Gasteiger partial charge on any atom is 0.333 e. The average molecular weight is 194 g/mol. The van der Waals surface area contributed by atoms with E-state index < -0.39 is 10.3 Å². The van der Waals surface area contributed by atoms with Gasteiger partial charge in [-0.2, -0.15) is 13.1 Å². The summed E-state index contributed by atoms with van der Waals surface area (Å²) in [6.07, 6.45) is 2.93. The van der Waals surface area contributed by atoms with Gasteiger partial charge >= 0.3 is 10.3 Å². The van der Waals surface area contributed by atoms with E-state index in [0.29, 0.717) is 12.8 Å². The summed E-state index contributed by atoms with van der Waals surface area (Å²) in [6.45, 7) is 5.58. The van der Waals surface area contributed by atoms with Crippen molar-refractivity contribution in [3.05, 3.63) is 6.92 Å². The molecule has 0 aromatic rings. The van der Waals surface area contributed by atoms with Crippen LogP contribution in [0.3, 0.4) is 0 Å². The van der Waals surface area contributed by atoms with Gasteiger partial charge in [0.05, 0.1) is 0 Å². The normalized spacial score (nSPS) is 12.3. The molecule has 0 bridgehead atoms. The minimum atomic E-state index is -4.05. The van der Waals surface area contributed by atoms with Crippen molar-refractivity contribution in [1.82, 2.24) is 4.72 Å². The largest absolute Gasteiger partial charge is 0.333 e. The lowest BCUT2D eigenvalue weighted by molar-refractivity contribution is 0.434. The van der Waals surface area contributed by atoms with Gasteiger partial charge in [0.25, 0.3) is 0 Å². The van der Waals surface area contributed by atoms with Gasteiger partial charge < -0.3 is 0 Å². The van der Waals surface area contributed by atoms with Crippen molar-refractivity contribution in [3.8, 4) is 0 Å². The highest BCUT2D eigenvalue weighted by atomic mass is 32.2. The van der Waals surface area contributed by atoms with Crippen molar-refractivity contribution in [1.29, 1.82) is 0 Å². The molecule has 0 aliphatic rings. The van der Waals surface area contributed by atoms with Gasteiger partial charge in [0.1, 0.15) is 0 Å². The Morgan fingerprint density at radius 2 is 2.08 bits per heavy atom. The molecule has 1 atom stereocenters. The number of nitrogens with one attached hydrogen (secondary N) is 1. The summed E-state index contributed by atoms with van der Waals surface area (Å²) < 4.78 is 31.5. The Balaban J connectivity index is 3.95. The lowest BCUT2D eigenvalue weighted by Gasteiger charge is -2.13. The van der Waals surface area contributed by atoms with Crippen LogP contribution >= 0.6 is 0 Å². The monoisotopic (exact) mass is 194 g/mol. The summed E-state index contributed by atoms with van der Waals surface area (Å²) in [5.41, 5.74) is 0. The molecule has 0 saturated carbocycles. The Morgan fingerprint density at radius 1 is 1.50 bits per heavy atom. The molecule has 12 heavy (non-hydrogen) atoms. The average Bonchev–Trinajstić information content (AvgIpc) is 1.84. The molecule has 73 valence electrons. The quantitative estimate of drug-likeness (QED) is 0.623. The zero-order valence-electron chi connectivity index (χ0n) is 7.28. The maximum absolute atomic E-state index is 10.4. The second-order valence-corrected chi connectivity index (χ2v) is 3.91. The Kier molecular flexibility index (Phi) is 5.44. The molecule has 0 aliphatic carbocycles. The van der Waals surface area contributed by atoms with Crippen LogP contribution in [-0.4, -0.2) is 19.0 Å². The van der Waals surface area contributed by atoms with Gasteiger partial charge in [0.15, 0.2) is 0 Å². The fourth-order valence-electron chi connectivity index (χ4n) is 1.07. The van der Waals surface area contributed by atoms with Crippen LogP contribution in [0.15, 0.2) is 0 Å². The Hall–Kier alpha value is -0.130. The summed E-state index contributed by atoms with van der Waals surface area (Å²) in [5, 5.41) is 0. The first-order valence-electron chi connectivity index (χ1n) is 4.03. The van der Waals surface area contributed by atoms with Crippen LogP contribution < -0.4 is 4.72 Å². The number of hydrogen-bond donors (Lipinski definition) is 2. The molecule has 0 aromatic carbocycles. The first-order valence-corrected chi connectivity index (χ1v) is 5.47. The van der Waals surface area contributed by atoms with Crippen molar-refractivity contribution in [3.63, 3.8) is 0 Å². The van der Waals surface area contributed by atoms with Crippen LogP contribution in [0.2, 0.25) is 0 Å². The van der Waals surface area contributed by atoms with Gasteiger partial charge in [0, 0.05) is 6.04 Å². The van der Waals surface area contributed by atoms with Gasteiger partial charge in [-0.15, -0.1) is 0 Å². The number of hydrogen-bond acceptors (Lipinski definition) is 2. The third-order valence-corrected chi connectivity index (χ3v) is 2.14. The van der Waals surface area contributed by atoms with E-state index in [1.54, 1.807) is 0 Å². The van der Waals surface area contributed by atoms with Crippen LogP contribution in [-0.2, 0) is 10.3 Å². The molecule has 5 heteroatoms. The maximum atomic E-state index is 10.4. The Morgan fingerprint density at radius 3 is 2.42 bits per heavy atom. The Bertz CT molecular complexity index is 195. The summed E-state index contributed by atoms with van der Waals surface area (Å²) in [5.74, 6) is 0. The van der Waals surface area contributed by atoms with E-state index in [2.05, 4.69) is 11.6 Å². The Labute approximate surface area is 74.2 Å². The zero-order chi connectivity index (χ0) is 9.61. The molecule has 0 fully saturated rings. The minimum Gasteiger partial charge on any atom is -0.273 e. The summed E-state index contributed by atoms with van der Waals surface area (Å²) >= 11 is 0. The lowest BCUT2D eigenvalue weighted by atomic mass is 10.1. The minimum absolute atomic E-state index is 0.178. The SMILES string of the molecule is [CH2]CCC(CCC)NS(=O)(=O)O. The van der Waals surface area contributed by atoms with E-state index in [-0.39, 0.29) is 6.04 Å². The fraction of sp³-hybridized carbons (Fsp3) is 0.857. The van der Waals surface area contributed by atoms with Gasteiger partial charge in [-0.05, 0) is 12.8 Å². The van der Waals surface area contributed by atoms with E-state index in [4.69, 9.17) is 4.55 Å². The van der Waals surface area contributed by atoms with Crippen LogP contribution in [0.1, 0.15) is 32.6 Å². The van der Waals surface area contributed by atoms with Gasteiger partial charge in [0.2, 0.25) is 0 Å². The molecule has 4 nitrogen and oxygen atoms in total. The summed E-state index contributed by atoms with van der Waals surface area (Å²) in [6, 6.07) is -0.178. The molecule has 0 aliphatic heterocycles. The zero-order valence-corrected chi connectivity index (χ0v) is 8.10. The van der Waals surface area contributed by atoms with E-state index in [9.17, 15) is 8.42 Å². The van der Waals surface area contributed by atoms with E-state index in [1.165, 1.54) is 0 Å². The highest BCUT2D eigenvalue weighted by Crippen LogP contribution is 2.04. The molecule has 0 amide bonds. The molecular formula is C7H16NO3S. The second-order valence-electron chi connectivity index (χ2n) is 2.72. The predicted molar refractivity (Wildman–Crippen MR) is 48.0 cm³/mol. The molecule has 0 heterocycles. The first kappa shape index (κ1) is 11.9. The lowest BCUT2D eigenvalue weighted by Crippen LogP contribution is -2.34. The van der Waals surface area contributed by atoms with Gasteiger partial charge in [-0.3, -0.25) is 4.55 Å². The van der Waals surface area contributed by atoms with E-state index in [1.807, 2.05) is 6.92 Å². The van der Waals surface area contributed by atoms with Crippen molar-refractivity contribution in [2.24, 2.45) is 0 Å². The number of rotatable bonds is 6. The van der Waals surface area contributed by atoms with E-state index >= 15 is 0 Å². The molecule has 0 saturated heterocycles. The predicted octanol–water partition coefficient (Wildman–Crippen LogP) is 1.16. The molecular weight excluding hydrogens is 178 g/mol. The van der Waals surface area contributed by atoms with Crippen LogP contribution in [0.4, 0.5) is 0 Å². The molecule has 0 spiro atoms. The van der Waals surface area contributed by atoms with Crippen molar-refractivity contribution >= 4 is 10.3 Å². The molecule has 0 rings (SSSR count). The van der Waals surface area contributed by atoms with Crippen LogP contribution in [0, 0.1) is 6.92 Å². The van der Waals surface area contributed by atoms with Crippen molar-refractivity contribution in [2.75, 3.05) is 0 Å². The van der Waals surface area contributed by atoms with Crippen molar-refractivity contribution in [2.45, 2.75) is 38.6 Å². The molecule has 1 radical (unpaired) electrons. The molecule has 1 unspecified atom stereocenters. The van der Waals surface area contributed by atoms with Crippen molar-refractivity contribution < 1.29 is 13.0 Å². The highest BCUT2D eigenvalue weighted by molar-refractivity contribution is 7.83.